The first-order valence-corrected chi connectivity index (χ1v) is 4.15. The molecule has 14 heavy (non-hydrogen) atoms. The van der Waals surface area contributed by atoms with Crippen molar-refractivity contribution in [1.29, 1.82) is 0 Å². The summed E-state index contributed by atoms with van der Waals surface area (Å²) >= 11 is 0. The molecule has 4 N–H and O–H groups in total. The molecule has 0 aromatic carbocycles. The number of aliphatic hydroxyl groups excluding tert-OH is 2. The summed E-state index contributed by atoms with van der Waals surface area (Å²) in [6.45, 7) is 1.42. The Bertz CT molecular complexity index is 339. The molecule has 1 aromatic rings. The molecule has 0 saturated carbocycles. The zero-order valence-corrected chi connectivity index (χ0v) is 7.71. The van der Waals surface area contributed by atoms with E-state index in [1.54, 1.807) is 6.07 Å². The van der Waals surface area contributed by atoms with Gasteiger partial charge in [-0.3, -0.25) is 9.78 Å². The molecule has 0 aliphatic rings. The number of hydrogen-bond acceptors (Lipinski definition) is 4. The van der Waals surface area contributed by atoms with E-state index in [4.69, 9.17) is 10.8 Å². The monoisotopic (exact) mass is 196 g/mol. The van der Waals surface area contributed by atoms with Crippen LogP contribution in [0.2, 0.25) is 0 Å². The Labute approximate surface area is 81.2 Å². The summed E-state index contributed by atoms with van der Waals surface area (Å²) in [6, 6.07) is 3.07. The number of carbonyl (C=O) groups is 1. The second-order valence-corrected chi connectivity index (χ2v) is 2.99. The SMILES string of the molecule is CC(O)C(O)c1cccnc1C(N)=O. The first kappa shape index (κ1) is 10.6. The smallest absolute Gasteiger partial charge is 0.267 e. The molecule has 0 aliphatic carbocycles. The molecule has 2 atom stereocenters. The Morgan fingerprint density at radius 3 is 2.71 bits per heavy atom. The highest BCUT2D eigenvalue weighted by Gasteiger charge is 2.20. The Kier molecular flexibility index (Phi) is 3.16. The fourth-order valence-electron chi connectivity index (χ4n) is 1.12. The van der Waals surface area contributed by atoms with Gasteiger partial charge in [-0.2, -0.15) is 0 Å². The number of pyridine rings is 1. The first-order chi connectivity index (χ1) is 6.54. The molecule has 0 radical (unpaired) electrons. The van der Waals surface area contributed by atoms with Crippen molar-refractivity contribution in [3.8, 4) is 0 Å². The molecule has 0 saturated heterocycles. The molecule has 1 amide bonds. The average molecular weight is 196 g/mol. The van der Waals surface area contributed by atoms with Crippen molar-refractivity contribution in [2.45, 2.75) is 19.1 Å². The predicted molar refractivity (Wildman–Crippen MR) is 49.4 cm³/mol. The van der Waals surface area contributed by atoms with Crippen LogP contribution in [0.25, 0.3) is 0 Å². The van der Waals surface area contributed by atoms with E-state index >= 15 is 0 Å². The zero-order chi connectivity index (χ0) is 10.7. The van der Waals surface area contributed by atoms with E-state index < -0.39 is 18.1 Å². The maximum atomic E-state index is 10.9. The van der Waals surface area contributed by atoms with E-state index in [1.165, 1.54) is 19.2 Å². The lowest BCUT2D eigenvalue weighted by molar-refractivity contribution is 0.0297. The largest absolute Gasteiger partial charge is 0.390 e. The summed E-state index contributed by atoms with van der Waals surface area (Å²) in [5.74, 6) is -0.722. The van der Waals surface area contributed by atoms with Crippen molar-refractivity contribution in [2.24, 2.45) is 5.73 Å². The molecule has 2 unspecified atom stereocenters. The Morgan fingerprint density at radius 2 is 2.21 bits per heavy atom. The number of rotatable bonds is 3. The van der Waals surface area contributed by atoms with Crippen LogP contribution in [-0.2, 0) is 0 Å². The van der Waals surface area contributed by atoms with Gasteiger partial charge >= 0.3 is 0 Å². The Balaban J connectivity index is 3.13. The van der Waals surface area contributed by atoms with Gasteiger partial charge < -0.3 is 15.9 Å². The number of nitrogens with zero attached hydrogens (tertiary/aromatic N) is 1. The van der Waals surface area contributed by atoms with Crippen molar-refractivity contribution >= 4 is 5.91 Å². The molecule has 1 rings (SSSR count). The van der Waals surface area contributed by atoms with Crippen LogP contribution in [0.1, 0.15) is 29.1 Å². The lowest BCUT2D eigenvalue weighted by Gasteiger charge is -2.15. The topological polar surface area (TPSA) is 96.4 Å². The maximum Gasteiger partial charge on any atom is 0.267 e. The summed E-state index contributed by atoms with van der Waals surface area (Å²) in [5, 5.41) is 18.7. The number of nitrogens with two attached hydrogens (primary N) is 1. The van der Waals surface area contributed by atoms with E-state index in [9.17, 15) is 9.90 Å². The summed E-state index contributed by atoms with van der Waals surface area (Å²) in [5.41, 5.74) is 5.29. The van der Waals surface area contributed by atoms with E-state index in [-0.39, 0.29) is 11.3 Å². The molecule has 0 bridgehead atoms. The van der Waals surface area contributed by atoms with Crippen molar-refractivity contribution in [3.63, 3.8) is 0 Å². The van der Waals surface area contributed by atoms with Gasteiger partial charge in [0.05, 0.1) is 6.10 Å². The highest BCUT2D eigenvalue weighted by Crippen LogP contribution is 2.18. The third-order valence-corrected chi connectivity index (χ3v) is 1.85. The van der Waals surface area contributed by atoms with E-state index in [1.807, 2.05) is 0 Å². The second kappa shape index (κ2) is 4.17. The lowest BCUT2D eigenvalue weighted by Crippen LogP contribution is -2.21. The molecule has 0 aliphatic heterocycles. The maximum absolute atomic E-state index is 10.9. The third-order valence-electron chi connectivity index (χ3n) is 1.85. The summed E-state index contributed by atoms with van der Waals surface area (Å²) < 4.78 is 0. The molecule has 1 aromatic heterocycles. The van der Waals surface area contributed by atoms with Gasteiger partial charge in [0.15, 0.2) is 0 Å². The minimum absolute atomic E-state index is 0.0131. The summed E-state index contributed by atoms with van der Waals surface area (Å²) in [4.78, 5) is 14.7. The zero-order valence-electron chi connectivity index (χ0n) is 7.71. The standard InChI is InChI=1S/C9H12N2O3/c1-5(12)8(13)6-3-2-4-11-7(6)9(10)14/h2-5,8,12-13H,1H3,(H2,10,14). The van der Waals surface area contributed by atoms with Crippen LogP contribution in [0.15, 0.2) is 18.3 Å². The molecule has 0 fully saturated rings. The van der Waals surface area contributed by atoms with Crippen LogP contribution in [0.3, 0.4) is 0 Å². The van der Waals surface area contributed by atoms with Crippen LogP contribution in [0.4, 0.5) is 0 Å². The van der Waals surface area contributed by atoms with Gasteiger partial charge in [-0.25, -0.2) is 0 Å². The normalized spacial score (nSPS) is 14.8. The minimum atomic E-state index is -1.15. The lowest BCUT2D eigenvalue weighted by atomic mass is 10.0. The second-order valence-electron chi connectivity index (χ2n) is 2.99. The molecular formula is C9H12N2O3. The van der Waals surface area contributed by atoms with Gasteiger partial charge in [0.25, 0.3) is 5.91 Å². The van der Waals surface area contributed by atoms with Crippen LogP contribution in [0, 0.1) is 0 Å². The average Bonchev–Trinajstić information content (AvgIpc) is 2.16. The van der Waals surface area contributed by atoms with Gasteiger partial charge in [0.2, 0.25) is 0 Å². The third kappa shape index (κ3) is 2.07. The quantitative estimate of drug-likeness (QED) is 0.612. The molecule has 76 valence electrons. The molecule has 0 spiro atoms. The van der Waals surface area contributed by atoms with Gasteiger partial charge in [0, 0.05) is 11.8 Å². The number of aliphatic hydroxyl groups is 2. The fraction of sp³-hybridized carbons (Fsp3) is 0.333. The van der Waals surface area contributed by atoms with Crippen molar-refractivity contribution in [2.75, 3.05) is 0 Å². The highest BCUT2D eigenvalue weighted by atomic mass is 16.3. The minimum Gasteiger partial charge on any atom is -0.390 e. The highest BCUT2D eigenvalue weighted by molar-refractivity contribution is 5.92. The Hall–Kier alpha value is -1.46. The van der Waals surface area contributed by atoms with Crippen molar-refractivity contribution < 1.29 is 15.0 Å². The fourth-order valence-corrected chi connectivity index (χ4v) is 1.12. The van der Waals surface area contributed by atoms with Gasteiger partial charge in [-0.05, 0) is 13.0 Å². The molecule has 1 heterocycles. The van der Waals surface area contributed by atoms with Gasteiger partial charge in [-0.1, -0.05) is 6.07 Å². The van der Waals surface area contributed by atoms with E-state index in [0.29, 0.717) is 0 Å². The van der Waals surface area contributed by atoms with Crippen LogP contribution >= 0.6 is 0 Å². The summed E-state index contributed by atoms with van der Waals surface area (Å²) in [6.07, 6.45) is -0.721. The molecule has 5 heteroatoms. The number of aromatic nitrogens is 1. The van der Waals surface area contributed by atoms with Crippen molar-refractivity contribution in [3.05, 3.63) is 29.6 Å². The van der Waals surface area contributed by atoms with Crippen molar-refractivity contribution in [1.82, 2.24) is 4.98 Å². The van der Waals surface area contributed by atoms with Crippen LogP contribution in [0.5, 0.6) is 0 Å². The predicted octanol–water partition coefficient (Wildman–Crippen LogP) is -0.405. The number of hydrogen-bond donors (Lipinski definition) is 3. The Morgan fingerprint density at radius 1 is 1.57 bits per heavy atom. The summed E-state index contributed by atoms with van der Waals surface area (Å²) in [7, 11) is 0. The first-order valence-electron chi connectivity index (χ1n) is 4.15. The van der Waals surface area contributed by atoms with E-state index in [2.05, 4.69) is 4.98 Å². The van der Waals surface area contributed by atoms with Crippen LogP contribution < -0.4 is 5.73 Å². The van der Waals surface area contributed by atoms with Gasteiger partial charge in [0.1, 0.15) is 11.8 Å². The number of primary amides is 1. The van der Waals surface area contributed by atoms with Crippen LogP contribution in [-0.4, -0.2) is 27.2 Å². The number of amides is 1. The van der Waals surface area contributed by atoms with E-state index in [0.717, 1.165) is 0 Å². The molecular weight excluding hydrogens is 184 g/mol. The number of carbonyl (C=O) groups excluding carboxylic acids is 1. The van der Waals surface area contributed by atoms with Gasteiger partial charge in [-0.15, -0.1) is 0 Å². The molecule has 5 nitrogen and oxygen atoms in total.